The van der Waals surface area contributed by atoms with Crippen LogP contribution < -0.4 is 0 Å². The molecule has 6 unspecified atom stereocenters. The van der Waals surface area contributed by atoms with E-state index in [4.69, 9.17) is 45.2 Å². The molecule has 0 saturated carbocycles. The van der Waals surface area contributed by atoms with Crippen LogP contribution in [-0.2, 0) is 60.3 Å². The average Bonchev–Trinajstić information content (AvgIpc) is 0.803. The van der Waals surface area contributed by atoms with Gasteiger partial charge in [0.25, 0.3) is 0 Å². The Morgan fingerprint density at radius 2 is 0.531 bits per heavy atom. The number of aromatic nitrogens is 6. The van der Waals surface area contributed by atoms with E-state index in [2.05, 4.69) is 205 Å². The summed E-state index contributed by atoms with van der Waals surface area (Å²) in [6.45, 7) is 35.7. The Balaban J connectivity index is 0.000000298. The number of benzene rings is 9. The maximum absolute atomic E-state index is 9.76. The standard InChI is InChI=1S/3C24H19N2.C11H24O2.C8H18O2.C7H16O2.3Ir/c3*1-17-8-12-20(13-9-17)23-24(21-14-10-18(2)11-15-21)26-22(16-25-23)19-6-4-3-5-7-19;1-10(2,3)8(12)7-9(13)11(4,5)6;1-6(9)5-7(10)8(2,3)4;1-3-6(8)5-7(9)4-2;;;/h3*3-12,14-16H,1-2H3;8-9,12-13H,7H2,1-6H3;6-7,9-10H,5H2,1-4H3;6-9H,3-5H2,1-2H3;;;/q3*-1;;;;;;. The molecule has 0 spiro atoms. The fourth-order valence-corrected chi connectivity index (χ4v) is 10.9. The van der Waals surface area contributed by atoms with E-state index >= 15 is 0 Å². The Bertz CT molecular complexity index is 4250. The van der Waals surface area contributed by atoms with Gasteiger partial charge in [0.15, 0.2) is 0 Å². The summed E-state index contributed by atoms with van der Waals surface area (Å²) in [4.78, 5) is 29.2. The van der Waals surface area contributed by atoms with E-state index in [-0.39, 0.29) is 88.8 Å². The van der Waals surface area contributed by atoms with Crippen molar-refractivity contribution in [1.82, 2.24) is 29.9 Å². The molecule has 0 fully saturated rings. The molecule has 15 heteroatoms. The fraction of sp³-hybridized carbons (Fsp3) is 0.327. The van der Waals surface area contributed by atoms with Gasteiger partial charge in [-0.2, -0.15) is 0 Å². The van der Waals surface area contributed by atoms with Gasteiger partial charge in [-0.25, -0.2) is 0 Å². The van der Waals surface area contributed by atoms with E-state index in [0.29, 0.717) is 19.3 Å². The molecule has 3 aromatic heterocycles. The predicted octanol–water partition coefficient (Wildman–Crippen LogP) is 21.9. The van der Waals surface area contributed by atoms with Crippen molar-refractivity contribution < 1.29 is 91.0 Å². The van der Waals surface area contributed by atoms with Gasteiger partial charge < -0.3 is 45.6 Å². The van der Waals surface area contributed by atoms with Gasteiger partial charge in [0.05, 0.1) is 70.8 Å². The predicted molar refractivity (Wildman–Crippen MR) is 454 cm³/mol. The van der Waals surface area contributed by atoms with Crippen LogP contribution >= 0.6 is 0 Å². The van der Waals surface area contributed by atoms with Gasteiger partial charge in [-0.15, -0.1) is 106 Å². The molecule has 0 aliphatic carbocycles. The van der Waals surface area contributed by atoms with Gasteiger partial charge in [-0.3, -0.25) is 15.0 Å². The largest absolute Gasteiger partial charge is 0.393 e. The minimum Gasteiger partial charge on any atom is -0.393 e. The molecule has 6 N–H and O–H groups in total. The van der Waals surface area contributed by atoms with Gasteiger partial charge in [0, 0.05) is 119 Å². The molecular formula is C98H115Ir3N6O6-3. The Morgan fingerprint density at radius 1 is 0.292 bits per heavy atom. The first-order chi connectivity index (χ1) is 52.2. The molecule has 12 nitrogen and oxygen atoms in total. The first kappa shape index (κ1) is 97.3. The number of aliphatic hydroxyl groups excluding tert-OH is 6. The average molecular weight is 2050 g/mol. The van der Waals surface area contributed by atoms with Crippen LogP contribution in [0.15, 0.2) is 237 Å². The van der Waals surface area contributed by atoms with Crippen molar-refractivity contribution >= 4 is 0 Å². The molecule has 6 atom stereocenters. The van der Waals surface area contributed by atoms with Crippen LogP contribution in [-0.4, -0.2) is 97.2 Å². The summed E-state index contributed by atoms with van der Waals surface area (Å²) in [6, 6.07) is 84.1. The second-order valence-corrected chi connectivity index (χ2v) is 31.7. The summed E-state index contributed by atoms with van der Waals surface area (Å²) in [5, 5.41) is 55.8. The van der Waals surface area contributed by atoms with E-state index in [9.17, 15) is 15.3 Å². The van der Waals surface area contributed by atoms with Gasteiger partial charge in [0.1, 0.15) is 0 Å². The summed E-state index contributed by atoms with van der Waals surface area (Å²) in [5.41, 5.74) is 23.9. The van der Waals surface area contributed by atoms with Crippen molar-refractivity contribution in [3.63, 3.8) is 0 Å². The molecule has 113 heavy (non-hydrogen) atoms. The van der Waals surface area contributed by atoms with Gasteiger partial charge in [0.2, 0.25) is 0 Å². The Hall–Kier alpha value is -8.07. The molecule has 9 aromatic carbocycles. The van der Waals surface area contributed by atoms with E-state index in [1.807, 2.05) is 168 Å². The van der Waals surface area contributed by atoms with Gasteiger partial charge in [-0.05, 0) is 86.3 Å². The summed E-state index contributed by atoms with van der Waals surface area (Å²) in [6.07, 6.45) is 6.09. The molecule has 0 aliphatic heterocycles. The molecule has 0 saturated heterocycles. The SMILES string of the molecule is CC(C)(C)C(O)CC(O)C(C)(C)C.CC(O)CC(O)C(C)(C)C.CCC(O)CC(O)CC.Cc1c[c-]c(-c2ncc(-c3ccccc3)nc2-c2ccc(C)cc2)cc1.Cc1c[c-]c(-c2ncc(-c3ccccc3)nc2-c2ccc(C)cc2)cc1.Cc1c[c-]c(-c2ncc(-c3ccccc3)nc2-c2ccc(C)cc2)cc1.[Ir].[Ir].[Ir]. The first-order valence-corrected chi connectivity index (χ1v) is 38.2. The van der Waals surface area contributed by atoms with E-state index in [1.165, 1.54) is 33.4 Å². The van der Waals surface area contributed by atoms with Crippen LogP contribution in [0.1, 0.15) is 149 Å². The summed E-state index contributed by atoms with van der Waals surface area (Å²) < 4.78 is 0. The van der Waals surface area contributed by atoms with E-state index in [0.717, 1.165) is 114 Å². The van der Waals surface area contributed by atoms with Crippen LogP contribution in [0.5, 0.6) is 0 Å². The number of aliphatic hydroxyl groups is 6. The molecule has 0 bridgehead atoms. The smallest absolute Gasteiger partial charge is 0.0873 e. The van der Waals surface area contributed by atoms with E-state index < -0.39 is 24.4 Å². The minimum atomic E-state index is -0.443. The van der Waals surface area contributed by atoms with Crippen LogP contribution in [0.3, 0.4) is 0 Å². The van der Waals surface area contributed by atoms with E-state index in [1.54, 1.807) is 6.92 Å². The number of hydrogen-bond donors (Lipinski definition) is 6. The molecule has 0 amide bonds. The Kier molecular flexibility index (Phi) is 40.5. The van der Waals surface area contributed by atoms with Crippen LogP contribution in [0, 0.1) is 76.0 Å². The number of hydrogen-bond acceptors (Lipinski definition) is 12. The third kappa shape index (κ3) is 31.6. The van der Waals surface area contributed by atoms with Gasteiger partial charge in [-0.1, -0.05) is 277 Å². The third-order valence-electron chi connectivity index (χ3n) is 18.7. The molecule has 3 radical (unpaired) electrons. The number of rotatable bonds is 17. The normalized spacial score (nSPS) is 12.5. The Morgan fingerprint density at radius 3 is 0.735 bits per heavy atom. The molecule has 0 aliphatic rings. The zero-order valence-electron chi connectivity index (χ0n) is 68.9. The van der Waals surface area contributed by atoms with Crippen LogP contribution in [0.25, 0.3) is 101 Å². The van der Waals surface area contributed by atoms with Crippen molar-refractivity contribution in [2.75, 3.05) is 0 Å². The third-order valence-corrected chi connectivity index (χ3v) is 18.7. The molecule has 12 aromatic rings. The number of nitrogens with zero attached hydrogens (tertiary/aromatic N) is 6. The minimum absolute atomic E-state index is 0. The fourth-order valence-electron chi connectivity index (χ4n) is 10.9. The zero-order valence-corrected chi connectivity index (χ0v) is 76.1. The molecule has 3 heterocycles. The number of aryl methyl sites for hydroxylation is 6. The van der Waals surface area contributed by atoms with Crippen molar-refractivity contribution in [2.24, 2.45) is 16.2 Å². The quantitative estimate of drug-likeness (QED) is 0.0472. The summed E-state index contributed by atoms with van der Waals surface area (Å²) >= 11 is 0. The second kappa shape index (κ2) is 47.1. The maximum atomic E-state index is 9.76. The summed E-state index contributed by atoms with van der Waals surface area (Å²) in [7, 11) is 0. The van der Waals surface area contributed by atoms with Crippen LogP contribution in [0.2, 0.25) is 0 Å². The zero-order chi connectivity index (χ0) is 80.3. The molecule has 12 rings (SSSR count). The Labute approximate surface area is 714 Å². The van der Waals surface area contributed by atoms with Crippen molar-refractivity contribution in [1.29, 1.82) is 0 Å². The first-order valence-electron chi connectivity index (χ1n) is 38.2. The van der Waals surface area contributed by atoms with Crippen molar-refractivity contribution in [2.45, 2.75) is 193 Å². The molecule has 603 valence electrons. The van der Waals surface area contributed by atoms with Crippen molar-refractivity contribution in [3.8, 4) is 101 Å². The van der Waals surface area contributed by atoms with Crippen LogP contribution in [0.4, 0.5) is 0 Å². The maximum Gasteiger partial charge on any atom is 0.0873 e. The molecular weight excluding hydrogens is 1930 g/mol. The monoisotopic (exact) mass is 2050 g/mol. The second-order valence-electron chi connectivity index (χ2n) is 31.7. The van der Waals surface area contributed by atoms with Crippen molar-refractivity contribution in [3.05, 3.63) is 289 Å². The van der Waals surface area contributed by atoms with Gasteiger partial charge >= 0.3 is 0 Å². The topological polar surface area (TPSA) is 199 Å². The summed E-state index contributed by atoms with van der Waals surface area (Å²) in [5.74, 6) is 0.